The maximum Gasteiger partial charge on any atom is 0.341 e. The zero-order chi connectivity index (χ0) is 21.9. The number of carboxylic acid groups (broad SMARTS) is 1. The van der Waals surface area contributed by atoms with Crippen molar-refractivity contribution in [3.63, 3.8) is 0 Å². The molecule has 5 nitrogen and oxygen atoms in total. The summed E-state index contributed by atoms with van der Waals surface area (Å²) in [6.45, 7) is 5.91. The lowest BCUT2D eigenvalue weighted by molar-refractivity contribution is -0.139. The van der Waals surface area contributed by atoms with Gasteiger partial charge in [-0.2, -0.15) is 0 Å². The monoisotopic (exact) mass is 408 g/mol. The average molecular weight is 408 g/mol. The summed E-state index contributed by atoms with van der Waals surface area (Å²) in [6, 6.07) is 12.8. The summed E-state index contributed by atoms with van der Waals surface area (Å²) in [5.41, 5.74) is 3.58. The Labute approximate surface area is 177 Å². The summed E-state index contributed by atoms with van der Waals surface area (Å²) >= 11 is 0. The van der Waals surface area contributed by atoms with Crippen LogP contribution in [0.1, 0.15) is 48.7 Å². The van der Waals surface area contributed by atoms with Crippen molar-refractivity contribution in [2.24, 2.45) is 0 Å². The normalized spacial score (nSPS) is 10.6. The number of hydrogen-bond donors (Lipinski definition) is 1. The summed E-state index contributed by atoms with van der Waals surface area (Å²) in [6.07, 6.45) is 7.22. The van der Waals surface area contributed by atoms with Crippen LogP contribution in [0, 0.1) is 0 Å². The van der Waals surface area contributed by atoms with Crippen LogP contribution in [0.25, 0.3) is 6.08 Å². The van der Waals surface area contributed by atoms with Gasteiger partial charge in [0.15, 0.2) is 12.4 Å². The second-order valence-electron chi connectivity index (χ2n) is 7.12. The first kappa shape index (κ1) is 22.9. The van der Waals surface area contributed by atoms with Crippen molar-refractivity contribution in [2.75, 3.05) is 13.2 Å². The minimum atomic E-state index is -1.12. The quantitative estimate of drug-likeness (QED) is 0.308. The fourth-order valence-electron chi connectivity index (χ4n) is 2.71. The van der Waals surface area contributed by atoms with Crippen LogP contribution in [-0.4, -0.2) is 30.1 Å². The Morgan fingerprint density at radius 2 is 1.77 bits per heavy atom. The maximum absolute atomic E-state index is 12.7. The van der Waals surface area contributed by atoms with Gasteiger partial charge in [-0.25, -0.2) is 4.79 Å². The van der Waals surface area contributed by atoms with Crippen LogP contribution >= 0.6 is 0 Å². The zero-order valence-electron chi connectivity index (χ0n) is 17.7. The molecule has 2 rings (SSSR count). The van der Waals surface area contributed by atoms with Gasteiger partial charge >= 0.3 is 5.97 Å². The van der Waals surface area contributed by atoms with E-state index in [0.29, 0.717) is 12.4 Å². The predicted octanol–water partition coefficient (Wildman–Crippen LogP) is 5.34. The number of aryl methyl sites for hydroxylation is 1. The second-order valence-corrected chi connectivity index (χ2v) is 7.12. The van der Waals surface area contributed by atoms with Crippen molar-refractivity contribution in [2.45, 2.75) is 33.6 Å². The molecule has 0 bridgehead atoms. The van der Waals surface area contributed by atoms with Gasteiger partial charge in [0.05, 0.1) is 5.56 Å². The van der Waals surface area contributed by atoms with E-state index in [4.69, 9.17) is 14.6 Å². The lowest BCUT2D eigenvalue weighted by Crippen LogP contribution is -2.12. The number of carbonyl (C=O) groups excluding carboxylic acids is 1. The molecule has 0 aromatic heterocycles. The van der Waals surface area contributed by atoms with Crippen LogP contribution in [0.4, 0.5) is 0 Å². The number of hydrogen-bond acceptors (Lipinski definition) is 4. The Hall–Kier alpha value is -3.34. The SMILES string of the molecule is CCCc1ccc(C=CC(=O)c2ccc(OCC=C(C)C)cc2OCC(=O)O)cc1. The maximum atomic E-state index is 12.7. The molecule has 2 aromatic rings. The van der Waals surface area contributed by atoms with Crippen LogP contribution in [0.15, 0.2) is 60.2 Å². The minimum Gasteiger partial charge on any atom is -0.489 e. The number of benzene rings is 2. The molecule has 0 amide bonds. The van der Waals surface area contributed by atoms with Crippen molar-refractivity contribution in [3.05, 3.63) is 76.9 Å². The van der Waals surface area contributed by atoms with Gasteiger partial charge in [-0.15, -0.1) is 0 Å². The molecule has 0 radical (unpaired) electrons. The first-order valence-corrected chi connectivity index (χ1v) is 9.95. The van der Waals surface area contributed by atoms with Crippen LogP contribution in [-0.2, 0) is 11.2 Å². The first-order chi connectivity index (χ1) is 14.4. The van der Waals surface area contributed by atoms with E-state index in [1.807, 2.05) is 44.2 Å². The molecule has 5 heteroatoms. The molecule has 0 unspecified atom stereocenters. The largest absolute Gasteiger partial charge is 0.489 e. The molecule has 0 fully saturated rings. The molecule has 30 heavy (non-hydrogen) atoms. The number of carbonyl (C=O) groups is 2. The summed E-state index contributed by atoms with van der Waals surface area (Å²) in [5, 5.41) is 8.93. The Morgan fingerprint density at radius 1 is 1.03 bits per heavy atom. The molecule has 0 saturated heterocycles. The van der Waals surface area contributed by atoms with E-state index in [9.17, 15) is 9.59 Å². The van der Waals surface area contributed by atoms with E-state index in [-0.39, 0.29) is 17.1 Å². The summed E-state index contributed by atoms with van der Waals surface area (Å²) in [7, 11) is 0. The zero-order valence-corrected chi connectivity index (χ0v) is 17.7. The molecule has 0 heterocycles. The highest BCUT2D eigenvalue weighted by Gasteiger charge is 2.13. The predicted molar refractivity (Wildman–Crippen MR) is 118 cm³/mol. The van der Waals surface area contributed by atoms with E-state index in [2.05, 4.69) is 6.92 Å². The lowest BCUT2D eigenvalue weighted by atomic mass is 10.1. The summed E-state index contributed by atoms with van der Waals surface area (Å²) in [5.74, 6) is -0.712. The third kappa shape index (κ3) is 7.59. The average Bonchev–Trinajstić information content (AvgIpc) is 2.71. The number of rotatable bonds is 11. The fourth-order valence-corrected chi connectivity index (χ4v) is 2.71. The van der Waals surface area contributed by atoms with Gasteiger partial charge < -0.3 is 14.6 Å². The minimum absolute atomic E-state index is 0.181. The van der Waals surface area contributed by atoms with Crippen LogP contribution in [0.3, 0.4) is 0 Å². The summed E-state index contributed by atoms with van der Waals surface area (Å²) < 4.78 is 11.0. The molecule has 0 aliphatic carbocycles. The van der Waals surface area contributed by atoms with E-state index in [1.54, 1.807) is 24.3 Å². The van der Waals surface area contributed by atoms with E-state index in [0.717, 1.165) is 24.0 Å². The number of aliphatic carboxylic acids is 1. The van der Waals surface area contributed by atoms with Crippen LogP contribution in [0.2, 0.25) is 0 Å². The van der Waals surface area contributed by atoms with Crippen molar-refractivity contribution < 1.29 is 24.2 Å². The van der Waals surface area contributed by atoms with Crippen LogP contribution < -0.4 is 9.47 Å². The highest BCUT2D eigenvalue weighted by molar-refractivity contribution is 6.08. The Morgan fingerprint density at radius 3 is 2.40 bits per heavy atom. The highest BCUT2D eigenvalue weighted by Crippen LogP contribution is 2.26. The molecule has 0 aliphatic heterocycles. The van der Waals surface area contributed by atoms with Gasteiger partial charge in [-0.1, -0.05) is 49.3 Å². The van der Waals surface area contributed by atoms with Crippen molar-refractivity contribution >= 4 is 17.8 Å². The Kier molecular flexibility index (Phi) is 8.88. The highest BCUT2D eigenvalue weighted by atomic mass is 16.5. The third-order valence-corrected chi connectivity index (χ3v) is 4.26. The molecule has 1 N–H and O–H groups in total. The van der Waals surface area contributed by atoms with E-state index in [1.165, 1.54) is 11.6 Å². The second kappa shape index (κ2) is 11.6. The molecular formula is C25H28O5. The van der Waals surface area contributed by atoms with E-state index < -0.39 is 12.6 Å². The number of allylic oxidation sites excluding steroid dienone is 2. The fraction of sp³-hybridized carbons (Fsp3) is 0.280. The topological polar surface area (TPSA) is 72.8 Å². The van der Waals surface area contributed by atoms with Crippen molar-refractivity contribution in [1.82, 2.24) is 0 Å². The van der Waals surface area contributed by atoms with Gasteiger partial charge in [-0.05, 0) is 55.7 Å². The third-order valence-electron chi connectivity index (χ3n) is 4.26. The van der Waals surface area contributed by atoms with Gasteiger partial charge in [0.1, 0.15) is 18.1 Å². The van der Waals surface area contributed by atoms with Gasteiger partial charge in [0.25, 0.3) is 0 Å². The van der Waals surface area contributed by atoms with Gasteiger partial charge in [0.2, 0.25) is 0 Å². The smallest absolute Gasteiger partial charge is 0.341 e. The van der Waals surface area contributed by atoms with Crippen molar-refractivity contribution in [3.8, 4) is 11.5 Å². The lowest BCUT2D eigenvalue weighted by Gasteiger charge is -2.11. The molecular weight excluding hydrogens is 380 g/mol. The number of ether oxygens (including phenoxy) is 2. The molecule has 0 saturated carbocycles. The molecule has 2 aromatic carbocycles. The van der Waals surface area contributed by atoms with Crippen molar-refractivity contribution in [1.29, 1.82) is 0 Å². The Bertz CT molecular complexity index is 919. The van der Waals surface area contributed by atoms with Gasteiger partial charge in [-0.3, -0.25) is 4.79 Å². The summed E-state index contributed by atoms with van der Waals surface area (Å²) in [4.78, 5) is 23.6. The molecule has 0 atom stereocenters. The molecule has 158 valence electrons. The molecule has 0 aliphatic rings. The number of carboxylic acids is 1. The first-order valence-electron chi connectivity index (χ1n) is 9.95. The molecule has 0 spiro atoms. The van der Waals surface area contributed by atoms with Gasteiger partial charge in [0, 0.05) is 6.07 Å². The standard InChI is InChI=1S/C25H28O5/c1-4-5-19-6-8-20(9-7-19)10-13-23(26)22-12-11-21(29-15-14-18(2)3)16-24(22)30-17-25(27)28/h6-14,16H,4-5,15,17H2,1-3H3,(H,27,28). The Balaban J connectivity index is 2.18. The number of ketones is 1. The van der Waals surface area contributed by atoms with Crippen LogP contribution in [0.5, 0.6) is 11.5 Å². The van der Waals surface area contributed by atoms with E-state index >= 15 is 0 Å².